The maximum atomic E-state index is 13.3. The number of hydrogen-bond donors (Lipinski definition) is 1. The Kier molecular flexibility index (Phi) is 9.19. The molecule has 0 aliphatic carbocycles. The molecular formula is C27H31NO9S. The largest absolute Gasteiger partial charge is 0.495 e. The average Bonchev–Trinajstić information content (AvgIpc) is 2.94. The maximum Gasteiger partial charge on any atom is 0.262 e. The summed E-state index contributed by atoms with van der Waals surface area (Å²) in [7, 11) is 6.27. The van der Waals surface area contributed by atoms with Crippen LogP contribution in [0.1, 0.15) is 11.1 Å². The first kappa shape index (κ1) is 28.3. The molecule has 0 spiro atoms. The van der Waals surface area contributed by atoms with Crippen LogP contribution in [0.5, 0.6) is 40.2 Å². The summed E-state index contributed by atoms with van der Waals surface area (Å²) in [5.41, 5.74) is 1.74. The first-order valence-corrected chi connectivity index (χ1v) is 12.7. The molecular weight excluding hydrogens is 514 g/mol. The highest BCUT2D eigenvalue weighted by atomic mass is 32.2. The van der Waals surface area contributed by atoms with E-state index in [1.807, 2.05) is 12.2 Å². The summed E-state index contributed by atoms with van der Waals surface area (Å²) in [6.45, 7) is 0. The SMILES string of the molecule is COc1ccc(/C=C\c2cc(OC)c(OC)c(OC)c2)cc1NS(=O)(=O)c1cc(OC)c(OC)c(OC)c1. The van der Waals surface area contributed by atoms with Crippen molar-refractivity contribution in [2.24, 2.45) is 0 Å². The molecule has 0 aliphatic heterocycles. The minimum Gasteiger partial charge on any atom is -0.495 e. The minimum absolute atomic E-state index is 0.0765. The van der Waals surface area contributed by atoms with Gasteiger partial charge in [0.25, 0.3) is 10.0 Å². The molecule has 0 aromatic heterocycles. The molecule has 11 heteroatoms. The standard InChI is InChI=1S/C27H31NO9S/c1-31-21-11-10-17(8-9-18-13-22(32-2)26(36-6)23(14-18)33-3)12-20(21)28-38(29,30)19-15-24(34-4)27(37-7)25(16-19)35-5/h8-16,28H,1-7H3/b9-8-. The Labute approximate surface area is 222 Å². The molecule has 10 nitrogen and oxygen atoms in total. The van der Waals surface area contributed by atoms with E-state index < -0.39 is 10.0 Å². The first-order valence-electron chi connectivity index (χ1n) is 11.2. The van der Waals surface area contributed by atoms with E-state index in [0.717, 1.165) is 5.56 Å². The number of anilines is 1. The van der Waals surface area contributed by atoms with Gasteiger partial charge in [-0.2, -0.15) is 0 Å². The lowest BCUT2D eigenvalue weighted by molar-refractivity contribution is 0.323. The third-order valence-corrected chi connectivity index (χ3v) is 6.92. The topological polar surface area (TPSA) is 111 Å². The summed E-state index contributed by atoms with van der Waals surface area (Å²) >= 11 is 0. The predicted molar refractivity (Wildman–Crippen MR) is 145 cm³/mol. The van der Waals surface area contributed by atoms with Crippen LogP contribution in [-0.2, 0) is 10.0 Å². The van der Waals surface area contributed by atoms with Crippen LogP contribution in [0.15, 0.2) is 47.4 Å². The normalized spacial score (nSPS) is 11.1. The van der Waals surface area contributed by atoms with Gasteiger partial charge in [-0.25, -0.2) is 8.42 Å². The second kappa shape index (κ2) is 12.3. The summed E-state index contributed by atoms with van der Waals surface area (Å²) in [5.74, 6) is 2.55. The Bertz CT molecular complexity index is 1370. The van der Waals surface area contributed by atoms with E-state index in [2.05, 4.69) is 4.72 Å². The summed E-state index contributed by atoms with van der Waals surface area (Å²) in [4.78, 5) is -0.0765. The lowest BCUT2D eigenvalue weighted by atomic mass is 10.1. The predicted octanol–water partition coefficient (Wildman–Crippen LogP) is 4.72. The van der Waals surface area contributed by atoms with Crippen molar-refractivity contribution in [3.8, 4) is 40.2 Å². The fourth-order valence-corrected chi connectivity index (χ4v) is 4.81. The van der Waals surface area contributed by atoms with Crippen LogP contribution in [0.2, 0.25) is 0 Å². The van der Waals surface area contributed by atoms with Gasteiger partial charge in [0.05, 0.1) is 60.4 Å². The van der Waals surface area contributed by atoms with Gasteiger partial charge in [0.2, 0.25) is 11.5 Å². The van der Waals surface area contributed by atoms with E-state index in [1.165, 1.54) is 47.7 Å². The van der Waals surface area contributed by atoms with E-state index in [4.69, 9.17) is 33.2 Å². The third-order valence-electron chi connectivity index (χ3n) is 5.57. The minimum atomic E-state index is -4.06. The summed E-state index contributed by atoms with van der Waals surface area (Å²) < 4.78 is 66.7. The van der Waals surface area contributed by atoms with Crippen molar-refractivity contribution < 1.29 is 41.6 Å². The molecule has 0 radical (unpaired) electrons. The van der Waals surface area contributed by atoms with Crippen LogP contribution in [0, 0.1) is 0 Å². The van der Waals surface area contributed by atoms with Gasteiger partial charge in [-0.1, -0.05) is 18.2 Å². The third kappa shape index (κ3) is 6.00. The zero-order valence-corrected chi connectivity index (χ0v) is 23.1. The average molecular weight is 546 g/mol. The summed E-state index contributed by atoms with van der Waals surface area (Å²) in [6.07, 6.45) is 3.65. The molecule has 0 amide bonds. The van der Waals surface area contributed by atoms with Gasteiger partial charge < -0.3 is 33.2 Å². The number of hydrogen-bond acceptors (Lipinski definition) is 9. The molecule has 0 saturated carbocycles. The van der Waals surface area contributed by atoms with Gasteiger partial charge in [0, 0.05) is 12.1 Å². The number of ether oxygens (including phenoxy) is 7. The second-order valence-corrected chi connectivity index (χ2v) is 9.40. The fourth-order valence-electron chi connectivity index (χ4n) is 3.71. The Balaban J connectivity index is 1.98. The molecule has 0 bridgehead atoms. The Hall–Kier alpha value is -4.25. The van der Waals surface area contributed by atoms with Gasteiger partial charge in [-0.15, -0.1) is 0 Å². The molecule has 3 rings (SSSR count). The van der Waals surface area contributed by atoms with Crippen molar-refractivity contribution >= 4 is 27.9 Å². The molecule has 0 unspecified atom stereocenters. The van der Waals surface area contributed by atoms with Crippen LogP contribution in [0.4, 0.5) is 5.69 Å². The Morgan fingerprint density at radius 2 is 1.00 bits per heavy atom. The Morgan fingerprint density at radius 1 is 0.553 bits per heavy atom. The van der Waals surface area contributed by atoms with Crippen LogP contribution in [0.3, 0.4) is 0 Å². The highest BCUT2D eigenvalue weighted by molar-refractivity contribution is 7.92. The molecule has 38 heavy (non-hydrogen) atoms. The molecule has 0 fully saturated rings. The number of rotatable bonds is 12. The van der Waals surface area contributed by atoms with Crippen LogP contribution in [0.25, 0.3) is 12.2 Å². The molecule has 1 N–H and O–H groups in total. The van der Waals surface area contributed by atoms with Crippen molar-refractivity contribution in [3.63, 3.8) is 0 Å². The lowest BCUT2D eigenvalue weighted by Gasteiger charge is -2.16. The number of benzene rings is 3. The highest BCUT2D eigenvalue weighted by Gasteiger charge is 2.23. The van der Waals surface area contributed by atoms with Crippen LogP contribution < -0.4 is 37.9 Å². The second-order valence-electron chi connectivity index (χ2n) is 7.72. The lowest BCUT2D eigenvalue weighted by Crippen LogP contribution is -2.14. The van der Waals surface area contributed by atoms with Gasteiger partial charge >= 0.3 is 0 Å². The van der Waals surface area contributed by atoms with E-state index >= 15 is 0 Å². The Morgan fingerprint density at radius 3 is 1.45 bits per heavy atom. The number of nitrogens with one attached hydrogen (secondary N) is 1. The van der Waals surface area contributed by atoms with Gasteiger partial charge in [-0.3, -0.25) is 4.72 Å². The summed E-state index contributed by atoms with van der Waals surface area (Å²) in [6, 6.07) is 11.4. The smallest absolute Gasteiger partial charge is 0.262 e. The zero-order chi connectivity index (χ0) is 27.9. The maximum absolute atomic E-state index is 13.3. The van der Waals surface area contributed by atoms with Crippen molar-refractivity contribution in [3.05, 3.63) is 53.6 Å². The first-order chi connectivity index (χ1) is 18.2. The molecule has 204 valence electrons. The molecule has 0 heterocycles. The quantitative estimate of drug-likeness (QED) is 0.323. The molecule has 3 aromatic carbocycles. The molecule has 0 aliphatic rings. The van der Waals surface area contributed by atoms with Crippen molar-refractivity contribution in [2.45, 2.75) is 4.90 Å². The number of sulfonamides is 1. The van der Waals surface area contributed by atoms with E-state index in [0.29, 0.717) is 28.6 Å². The van der Waals surface area contributed by atoms with Crippen molar-refractivity contribution in [1.82, 2.24) is 0 Å². The molecule has 0 saturated heterocycles. The number of methoxy groups -OCH3 is 7. The van der Waals surface area contributed by atoms with Gasteiger partial charge in [0.15, 0.2) is 23.0 Å². The van der Waals surface area contributed by atoms with Crippen LogP contribution >= 0.6 is 0 Å². The van der Waals surface area contributed by atoms with Crippen molar-refractivity contribution in [1.29, 1.82) is 0 Å². The highest BCUT2D eigenvalue weighted by Crippen LogP contribution is 2.41. The van der Waals surface area contributed by atoms with Gasteiger partial charge in [-0.05, 0) is 35.4 Å². The van der Waals surface area contributed by atoms with E-state index in [-0.39, 0.29) is 27.8 Å². The fraction of sp³-hybridized carbons (Fsp3) is 0.259. The van der Waals surface area contributed by atoms with E-state index in [9.17, 15) is 8.42 Å². The molecule has 3 aromatic rings. The van der Waals surface area contributed by atoms with Crippen molar-refractivity contribution in [2.75, 3.05) is 54.5 Å². The van der Waals surface area contributed by atoms with Gasteiger partial charge in [0.1, 0.15) is 5.75 Å². The summed E-state index contributed by atoms with van der Waals surface area (Å²) in [5, 5.41) is 0. The zero-order valence-electron chi connectivity index (χ0n) is 22.3. The van der Waals surface area contributed by atoms with Crippen LogP contribution in [-0.4, -0.2) is 58.2 Å². The monoisotopic (exact) mass is 545 g/mol. The molecule has 0 atom stereocenters. The van der Waals surface area contributed by atoms with E-state index in [1.54, 1.807) is 44.6 Å².